The summed E-state index contributed by atoms with van der Waals surface area (Å²) in [5, 5.41) is 6.13. The number of hydrogen-bond acceptors (Lipinski definition) is 4. The molecule has 5 aromatic rings. The van der Waals surface area contributed by atoms with Crippen LogP contribution >= 0.6 is 11.6 Å². The average molecular weight is 530 g/mol. The van der Waals surface area contributed by atoms with Crippen LogP contribution in [0.5, 0.6) is 0 Å². The third kappa shape index (κ3) is 5.14. The predicted molar refractivity (Wildman–Crippen MR) is 146 cm³/mol. The Morgan fingerprint density at radius 2 is 1.62 bits per heavy atom. The molecule has 186 valence electrons. The molecule has 0 bridgehead atoms. The maximum atomic E-state index is 12.9. The van der Waals surface area contributed by atoms with Crippen molar-refractivity contribution in [2.24, 2.45) is 0 Å². The number of fused-ring (bicyclic) bond motifs is 1. The molecule has 0 saturated carbocycles. The summed E-state index contributed by atoms with van der Waals surface area (Å²) in [5.74, 6) is -0.710. The first-order valence-corrected chi connectivity index (χ1v) is 13.5. The van der Waals surface area contributed by atoms with Crippen LogP contribution < -0.4 is 4.72 Å². The van der Waals surface area contributed by atoms with Gasteiger partial charge < -0.3 is 0 Å². The van der Waals surface area contributed by atoms with E-state index in [1.54, 1.807) is 35.0 Å². The van der Waals surface area contributed by atoms with Crippen molar-refractivity contribution >= 4 is 38.4 Å². The molecule has 1 amide bonds. The Morgan fingerprint density at radius 3 is 2.32 bits per heavy atom. The van der Waals surface area contributed by atoms with E-state index < -0.39 is 15.9 Å². The van der Waals surface area contributed by atoms with Crippen molar-refractivity contribution in [1.29, 1.82) is 0 Å². The van der Waals surface area contributed by atoms with Crippen molar-refractivity contribution in [3.8, 4) is 11.1 Å². The molecule has 0 radical (unpaired) electrons. The number of rotatable bonds is 6. The highest BCUT2D eigenvalue weighted by atomic mass is 35.5. The minimum atomic E-state index is -4.00. The molecular weight excluding hydrogens is 506 g/mol. The molecule has 0 aliphatic rings. The molecule has 6 nitrogen and oxygen atoms in total. The van der Waals surface area contributed by atoms with E-state index in [9.17, 15) is 13.2 Å². The van der Waals surface area contributed by atoms with Crippen molar-refractivity contribution in [3.05, 3.63) is 118 Å². The molecular formula is C29H24ClN3O3S. The Balaban J connectivity index is 1.43. The largest absolute Gasteiger partial charge is 0.268 e. The zero-order valence-corrected chi connectivity index (χ0v) is 21.8. The van der Waals surface area contributed by atoms with Crippen LogP contribution in [-0.2, 0) is 16.6 Å². The number of amides is 1. The van der Waals surface area contributed by atoms with Gasteiger partial charge in [0.15, 0.2) is 0 Å². The van der Waals surface area contributed by atoms with E-state index in [-0.39, 0.29) is 10.5 Å². The first-order valence-electron chi connectivity index (χ1n) is 11.7. The Morgan fingerprint density at radius 1 is 0.892 bits per heavy atom. The van der Waals surface area contributed by atoms with Crippen molar-refractivity contribution < 1.29 is 13.2 Å². The molecule has 1 heterocycles. The lowest BCUT2D eigenvalue weighted by atomic mass is 10.0. The van der Waals surface area contributed by atoms with Gasteiger partial charge in [-0.1, -0.05) is 77.8 Å². The second-order valence-electron chi connectivity index (χ2n) is 8.89. The maximum absolute atomic E-state index is 12.9. The quantitative estimate of drug-likeness (QED) is 0.286. The van der Waals surface area contributed by atoms with Crippen molar-refractivity contribution in [2.45, 2.75) is 25.3 Å². The number of benzene rings is 4. The summed E-state index contributed by atoms with van der Waals surface area (Å²) in [5.41, 5.74) is 5.62. The number of carbonyl (C=O) groups excluding carboxylic acids is 1. The third-order valence-electron chi connectivity index (χ3n) is 6.24. The number of nitrogens with zero attached hydrogens (tertiary/aromatic N) is 2. The molecule has 0 atom stereocenters. The summed E-state index contributed by atoms with van der Waals surface area (Å²) in [6.07, 6.45) is 0. The summed E-state index contributed by atoms with van der Waals surface area (Å²) in [6, 6.07) is 27.3. The Kier molecular flexibility index (Phi) is 6.58. The van der Waals surface area contributed by atoms with Gasteiger partial charge in [-0.2, -0.15) is 5.10 Å². The molecule has 0 fully saturated rings. The van der Waals surface area contributed by atoms with Crippen LogP contribution in [0.15, 0.2) is 95.9 Å². The molecule has 0 saturated heterocycles. The SMILES string of the molecule is Cc1ccc(S(=O)(=O)NC(=O)c2ccc3c(C)nn(Cc4ccc(-c5ccccc5)cc4Cl)c3c2)cc1. The fourth-order valence-electron chi connectivity index (χ4n) is 4.21. The van der Waals surface area contributed by atoms with Crippen LogP contribution in [-0.4, -0.2) is 24.1 Å². The molecule has 0 aliphatic carbocycles. The Labute approximate surface area is 220 Å². The molecule has 1 aromatic heterocycles. The average Bonchev–Trinajstić information content (AvgIpc) is 3.20. The number of sulfonamides is 1. The Hall–Kier alpha value is -3.94. The molecule has 37 heavy (non-hydrogen) atoms. The van der Waals surface area contributed by atoms with Crippen LogP contribution in [0.1, 0.15) is 27.2 Å². The van der Waals surface area contributed by atoms with Gasteiger partial charge in [0.25, 0.3) is 15.9 Å². The lowest BCUT2D eigenvalue weighted by Gasteiger charge is -2.10. The molecule has 8 heteroatoms. The van der Waals surface area contributed by atoms with Gasteiger partial charge in [0.05, 0.1) is 22.7 Å². The van der Waals surface area contributed by atoms with E-state index >= 15 is 0 Å². The van der Waals surface area contributed by atoms with Crippen LogP contribution in [0.25, 0.3) is 22.0 Å². The normalized spacial score (nSPS) is 11.5. The minimum Gasteiger partial charge on any atom is -0.268 e. The van der Waals surface area contributed by atoms with Crippen molar-refractivity contribution in [3.63, 3.8) is 0 Å². The molecule has 0 spiro atoms. The second-order valence-corrected chi connectivity index (χ2v) is 11.0. The van der Waals surface area contributed by atoms with E-state index in [4.69, 9.17) is 11.6 Å². The first kappa shape index (κ1) is 24.7. The lowest BCUT2D eigenvalue weighted by molar-refractivity contribution is 0.0981. The van der Waals surface area contributed by atoms with E-state index in [1.165, 1.54) is 12.1 Å². The van der Waals surface area contributed by atoms with Gasteiger partial charge in [-0.05, 0) is 60.9 Å². The van der Waals surface area contributed by atoms with Gasteiger partial charge in [0, 0.05) is 16.0 Å². The number of aryl methyl sites for hydroxylation is 2. The second kappa shape index (κ2) is 9.84. The number of nitrogens with one attached hydrogen (secondary N) is 1. The van der Waals surface area contributed by atoms with Crippen LogP contribution in [0.3, 0.4) is 0 Å². The van der Waals surface area contributed by atoms with Crippen LogP contribution in [0, 0.1) is 13.8 Å². The number of carbonyl (C=O) groups is 1. The van der Waals surface area contributed by atoms with Gasteiger partial charge in [-0.25, -0.2) is 13.1 Å². The summed E-state index contributed by atoms with van der Waals surface area (Å²) < 4.78 is 29.4. The van der Waals surface area contributed by atoms with Gasteiger partial charge in [0.1, 0.15) is 0 Å². The van der Waals surface area contributed by atoms with Gasteiger partial charge in [-0.3, -0.25) is 9.48 Å². The molecule has 5 rings (SSSR count). The Bertz CT molecular complexity index is 1730. The standard InChI is InChI=1S/C29H24ClN3O3S/c1-19-8-13-25(14-9-19)37(35,36)32-29(34)23-12-15-26-20(2)31-33(28(26)17-23)18-24-11-10-22(16-27(24)30)21-6-4-3-5-7-21/h3-17H,18H2,1-2H3,(H,32,34). The first-order chi connectivity index (χ1) is 17.7. The van der Waals surface area contributed by atoms with Gasteiger partial charge in [-0.15, -0.1) is 0 Å². The summed E-state index contributed by atoms with van der Waals surface area (Å²) in [6.45, 7) is 4.14. The molecule has 0 aliphatic heterocycles. The summed E-state index contributed by atoms with van der Waals surface area (Å²) >= 11 is 6.64. The molecule has 0 unspecified atom stereocenters. The van der Waals surface area contributed by atoms with Crippen LogP contribution in [0.4, 0.5) is 0 Å². The topological polar surface area (TPSA) is 81.1 Å². The van der Waals surface area contributed by atoms with Crippen molar-refractivity contribution in [2.75, 3.05) is 0 Å². The number of halogens is 1. The molecule has 1 N–H and O–H groups in total. The third-order valence-corrected chi connectivity index (χ3v) is 7.94. The zero-order valence-electron chi connectivity index (χ0n) is 20.3. The van der Waals surface area contributed by atoms with Crippen molar-refractivity contribution in [1.82, 2.24) is 14.5 Å². The highest BCUT2D eigenvalue weighted by molar-refractivity contribution is 7.90. The van der Waals surface area contributed by atoms with E-state index in [0.717, 1.165) is 33.3 Å². The lowest BCUT2D eigenvalue weighted by Crippen LogP contribution is -2.30. The molecule has 4 aromatic carbocycles. The highest BCUT2D eigenvalue weighted by Crippen LogP contribution is 2.28. The van der Waals surface area contributed by atoms with E-state index in [0.29, 0.717) is 17.1 Å². The van der Waals surface area contributed by atoms with Gasteiger partial charge in [0.2, 0.25) is 0 Å². The minimum absolute atomic E-state index is 0.0296. The monoisotopic (exact) mass is 529 g/mol. The smallest absolute Gasteiger partial charge is 0.265 e. The number of hydrogen-bond donors (Lipinski definition) is 1. The highest BCUT2D eigenvalue weighted by Gasteiger charge is 2.20. The predicted octanol–water partition coefficient (Wildman–Crippen LogP) is 6.14. The van der Waals surface area contributed by atoms with Crippen LogP contribution in [0.2, 0.25) is 5.02 Å². The zero-order chi connectivity index (χ0) is 26.2. The van der Waals surface area contributed by atoms with E-state index in [1.807, 2.05) is 62.4 Å². The maximum Gasteiger partial charge on any atom is 0.265 e. The summed E-state index contributed by atoms with van der Waals surface area (Å²) in [7, 11) is -4.00. The summed E-state index contributed by atoms with van der Waals surface area (Å²) in [4.78, 5) is 12.9. The van der Waals surface area contributed by atoms with Gasteiger partial charge >= 0.3 is 0 Å². The fourth-order valence-corrected chi connectivity index (χ4v) is 5.42. The van der Waals surface area contributed by atoms with E-state index in [2.05, 4.69) is 9.82 Å². The fraction of sp³-hybridized carbons (Fsp3) is 0.103. The number of aromatic nitrogens is 2.